The summed E-state index contributed by atoms with van der Waals surface area (Å²) >= 11 is 0. The third kappa shape index (κ3) is 2.84. The summed E-state index contributed by atoms with van der Waals surface area (Å²) in [4.78, 5) is 12.0. The second-order valence-corrected chi connectivity index (χ2v) is 6.58. The van der Waals surface area contributed by atoms with Gasteiger partial charge in [-0.15, -0.1) is 0 Å². The molecule has 4 aromatic rings. The highest BCUT2D eigenvalue weighted by molar-refractivity contribution is 6.17. The summed E-state index contributed by atoms with van der Waals surface area (Å²) in [6.07, 6.45) is 0.910. The number of hydrogen-bond acceptors (Lipinski definition) is 2. The van der Waals surface area contributed by atoms with E-state index in [1.54, 1.807) is 6.07 Å². The average molecular weight is 352 g/mol. The molecule has 4 heteroatoms. The standard InChI is InChI=1S/C23H18N3O/c1-2-15-10-11-18-21(12-15)26(14-17-8-6-16(13-24)7-9-17)20-5-3-4-19(22(18)20)23(25)27/h3-10,12H,2,14H2,1H3,(H2,25,27). The van der Waals surface area contributed by atoms with Gasteiger partial charge >= 0.3 is 0 Å². The number of carbonyl (C=O) groups excluding carboxylic acids is 1. The van der Waals surface area contributed by atoms with Crippen LogP contribution in [0.5, 0.6) is 0 Å². The van der Waals surface area contributed by atoms with E-state index in [-0.39, 0.29) is 0 Å². The molecule has 0 unspecified atom stereocenters. The number of aryl methyl sites for hydroxylation is 1. The number of hydrogen-bond donors (Lipinski definition) is 1. The number of nitrogens with zero attached hydrogens (tertiary/aromatic N) is 2. The van der Waals surface area contributed by atoms with E-state index < -0.39 is 5.91 Å². The van der Waals surface area contributed by atoms with Crippen molar-refractivity contribution in [3.8, 4) is 6.07 Å². The zero-order valence-corrected chi connectivity index (χ0v) is 15.0. The topological polar surface area (TPSA) is 71.8 Å². The molecule has 0 fully saturated rings. The Hall–Kier alpha value is -3.58. The molecule has 0 aliphatic carbocycles. The van der Waals surface area contributed by atoms with Crippen LogP contribution < -0.4 is 5.73 Å². The van der Waals surface area contributed by atoms with Crippen molar-refractivity contribution in [1.29, 1.82) is 5.26 Å². The molecular formula is C23H18N3O. The molecule has 131 valence electrons. The van der Waals surface area contributed by atoms with Crippen LogP contribution in [0, 0.1) is 17.4 Å². The van der Waals surface area contributed by atoms with Crippen molar-refractivity contribution in [1.82, 2.24) is 4.57 Å². The van der Waals surface area contributed by atoms with Gasteiger partial charge in [0.25, 0.3) is 0 Å². The minimum atomic E-state index is -0.439. The molecule has 1 amide bonds. The third-order valence-corrected chi connectivity index (χ3v) is 4.95. The molecule has 1 heterocycles. The molecule has 3 aromatic carbocycles. The van der Waals surface area contributed by atoms with Crippen LogP contribution >= 0.6 is 0 Å². The van der Waals surface area contributed by atoms with Gasteiger partial charge in [0.15, 0.2) is 0 Å². The van der Waals surface area contributed by atoms with E-state index in [1.807, 2.05) is 42.5 Å². The van der Waals surface area contributed by atoms with Crippen LogP contribution in [0.3, 0.4) is 0 Å². The molecule has 0 spiro atoms. The predicted octanol–water partition coefficient (Wildman–Crippen LogP) is 4.18. The highest BCUT2D eigenvalue weighted by atomic mass is 16.1. The van der Waals surface area contributed by atoms with E-state index in [4.69, 9.17) is 11.0 Å². The van der Waals surface area contributed by atoms with Crippen molar-refractivity contribution in [2.24, 2.45) is 5.73 Å². The molecule has 1 aromatic heterocycles. The molecule has 0 aliphatic heterocycles. The summed E-state index contributed by atoms with van der Waals surface area (Å²) in [6.45, 7) is 2.74. The van der Waals surface area contributed by atoms with Crippen molar-refractivity contribution in [2.45, 2.75) is 19.9 Å². The lowest BCUT2D eigenvalue weighted by molar-refractivity contribution is 0.100. The Kier molecular flexibility index (Phi) is 4.13. The molecule has 27 heavy (non-hydrogen) atoms. The van der Waals surface area contributed by atoms with Crippen LogP contribution in [-0.4, -0.2) is 10.5 Å². The monoisotopic (exact) mass is 352 g/mol. The SMILES string of the molecule is CCc1c[c]c2c3c(C(N)=O)cccc3n(Cc3ccc(C#N)cc3)c2c1. The van der Waals surface area contributed by atoms with Crippen LogP contribution in [0.25, 0.3) is 21.8 Å². The number of nitrogens with two attached hydrogens (primary N) is 1. The zero-order valence-electron chi connectivity index (χ0n) is 15.0. The summed E-state index contributed by atoms with van der Waals surface area (Å²) < 4.78 is 2.19. The molecule has 2 N–H and O–H groups in total. The number of rotatable bonds is 4. The van der Waals surface area contributed by atoms with Crippen molar-refractivity contribution in [3.63, 3.8) is 0 Å². The predicted molar refractivity (Wildman–Crippen MR) is 106 cm³/mol. The van der Waals surface area contributed by atoms with Gasteiger partial charge in [0.05, 0.1) is 22.7 Å². The lowest BCUT2D eigenvalue weighted by Gasteiger charge is -2.09. The van der Waals surface area contributed by atoms with E-state index in [0.29, 0.717) is 17.7 Å². The van der Waals surface area contributed by atoms with Crippen molar-refractivity contribution < 1.29 is 4.79 Å². The van der Waals surface area contributed by atoms with Gasteiger partial charge in [0.2, 0.25) is 5.91 Å². The van der Waals surface area contributed by atoms with Gasteiger partial charge in [-0.1, -0.05) is 31.2 Å². The molecular weight excluding hydrogens is 334 g/mol. The maximum atomic E-state index is 12.0. The minimum Gasteiger partial charge on any atom is -0.366 e. The van der Waals surface area contributed by atoms with Gasteiger partial charge in [-0.3, -0.25) is 4.79 Å². The van der Waals surface area contributed by atoms with Gasteiger partial charge in [-0.25, -0.2) is 0 Å². The molecule has 1 radical (unpaired) electrons. The summed E-state index contributed by atoms with van der Waals surface area (Å²) in [5, 5.41) is 10.8. The third-order valence-electron chi connectivity index (χ3n) is 4.95. The van der Waals surface area contributed by atoms with Gasteiger partial charge in [-0.2, -0.15) is 5.26 Å². The maximum Gasteiger partial charge on any atom is 0.249 e. The number of nitriles is 1. The number of benzene rings is 3. The first-order valence-electron chi connectivity index (χ1n) is 8.86. The number of fused-ring (bicyclic) bond motifs is 3. The fourth-order valence-corrected chi connectivity index (χ4v) is 3.55. The Morgan fingerprint density at radius 3 is 2.59 bits per heavy atom. The molecule has 0 bridgehead atoms. The first-order valence-corrected chi connectivity index (χ1v) is 8.86. The Morgan fingerprint density at radius 1 is 1.15 bits per heavy atom. The molecule has 0 saturated heterocycles. The highest BCUT2D eigenvalue weighted by Gasteiger charge is 2.17. The van der Waals surface area contributed by atoms with Crippen LogP contribution in [0.4, 0.5) is 0 Å². The van der Waals surface area contributed by atoms with E-state index >= 15 is 0 Å². The molecule has 4 rings (SSSR count). The van der Waals surface area contributed by atoms with E-state index in [9.17, 15) is 4.79 Å². The largest absolute Gasteiger partial charge is 0.366 e. The smallest absolute Gasteiger partial charge is 0.249 e. The second kappa shape index (κ2) is 6.62. The molecule has 0 aliphatic rings. The van der Waals surface area contributed by atoms with Crippen molar-refractivity contribution >= 4 is 27.7 Å². The highest BCUT2D eigenvalue weighted by Crippen LogP contribution is 2.32. The quantitative estimate of drug-likeness (QED) is 0.598. The average Bonchev–Trinajstić information content (AvgIpc) is 3.01. The van der Waals surface area contributed by atoms with Gasteiger partial charge in [0, 0.05) is 22.9 Å². The van der Waals surface area contributed by atoms with Crippen molar-refractivity contribution in [2.75, 3.05) is 0 Å². The summed E-state index contributed by atoms with van der Waals surface area (Å²) in [5.74, 6) is -0.439. The molecule has 0 saturated carbocycles. The number of amides is 1. The Labute approximate surface area is 157 Å². The van der Waals surface area contributed by atoms with Gasteiger partial charge < -0.3 is 10.3 Å². The summed E-state index contributed by atoms with van der Waals surface area (Å²) in [6, 6.07) is 22.8. The normalized spacial score (nSPS) is 11.0. The first kappa shape index (κ1) is 16.9. The lowest BCUT2D eigenvalue weighted by atomic mass is 10.0. The Balaban J connectivity index is 1.99. The van der Waals surface area contributed by atoms with Crippen LogP contribution in [0.1, 0.15) is 34.0 Å². The van der Waals surface area contributed by atoms with Crippen LogP contribution in [0.2, 0.25) is 0 Å². The molecule has 4 nitrogen and oxygen atoms in total. The number of primary amides is 1. The number of aromatic nitrogens is 1. The van der Waals surface area contributed by atoms with Crippen LogP contribution in [-0.2, 0) is 13.0 Å². The van der Waals surface area contributed by atoms with E-state index in [0.717, 1.165) is 33.8 Å². The lowest BCUT2D eigenvalue weighted by Crippen LogP contribution is -2.11. The summed E-state index contributed by atoms with van der Waals surface area (Å²) in [7, 11) is 0. The maximum absolute atomic E-state index is 12.0. The fourth-order valence-electron chi connectivity index (χ4n) is 3.55. The Morgan fingerprint density at radius 2 is 1.93 bits per heavy atom. The zero-order chi connectivity index (χ0) is 19.0. The van der Waals surface area contributed by atoms with E-state index in [2.05, 4.69) is 29.7 Å². The first-order chi connectivity index (χ1) is 13.1. The fraction of sp³-hybridized carbons (Fsp3) is 0.130. The molecule has 0 atom stereocenters. The van der Waals surface area contributed by atoms with Gasteiger partial charge in [0.1, 0.15) is 0 Å². The van der Waals surface area contributed by atoms with E-state index in [1.165, 1.54) is 5.56 Å². The second-order valence-electron chi connectivity index (χ2n) is 6.58. The van der Waals surface area contributed by atoms with Crippen molar-refractivity contribution in [3.05, 3.63) is 82.9 Å². The van der Waals surface area contributed by atoms with Gasteiger partial charge in [-0.05, 0) is 53.9 Å². The van der Waals surface area contributed by atoms with Crippen LogP contribution in [0.15, 0.2) is 54.6 Å². The summed E-state index contributed by atoms with van der Waals surface area (Å²) in [5.41, 5.74) is 11.0. The minimum absolute atomic E-state index is 0.439. The number of carbonyl (C=O) groups is 1. The Bertz CT molecular complexity index is 1210.